The van der Waals surface area contributed by atoms with Crippen LogP contribution in [0, 0.1) is 11.3 Å². The summed E-state index contributed by atoms with van der Waals surface area (Å²) in [5.41, 5.74) is 5.91. The van der Waals surface area contributed by atoms with Crippen LogP contribution < -0.4 is 4.90 Å². The Labute approximate surface area is 261 Å². The number of hydrogen-bond acceptors (Lipinski definition) is 5. The van der Waals surface area contributed by atoms with E-state index in [9.17, 15) is 13.2 Å². The van der Waals surface area contributed by atoms with Crippen LogP contribution in [0.5, 0.6) is 0 Å². The highest BCUT2D eigenvalue weighted by molar-refractivity contribution is 7.90. The lowest BCUT2D eigenvalue weighted by Crippen LogP contribution is -2.51. The van der Waals surface area contributed by atoms with Gasteiger partial charge in [-0.25, -0.2) is 8.42 Å². The fourth-order valence-electron chi connectivity index (χ4n) is 8.16. The van der Waals surface area contributed by atoms with E-state index in [1.165, 1.54) is 30.5 Å². The van der Waals surface area contributed by atoms with E-state index in [0.29, 0.717) is 23.2 Å². The number of carbonyl (C=O) groups is 1. The largest absolute Gasteiger partial charge is 0.381 e. The quantitative estimate of drug-likeness (QED) is 0.264. The van der Waals surface area contributed by atoms with Crippen LogP contribution in [-0.2, 0) is 31.8 Å². The number of aryl methyl sites for hydroxylation is 1. The van der Waals surface area contributed by atoms with Crippen LogP contribution in [0.2, 0.25) is 0 Å². The molecular formula is C36H45N3O4S. The highest BCUT2D eigenvalue weighted by Crippen LogP contribution is 2.58. The molecular weight excluding hydrogens is 570 g/mol. The maximum atomic E-state index is 14.2. The third kappa shape index (κ3) is 5.87. The number of sulfone groups is 1. The second-order valence-electron chi connectivity index (χ2n) is 14.2. The van der Waals surface area contributed by atoms with Gasteiger partial charge in [-0.2, -0.15) is 5.10 Å². The number of carbonyl (C=O) groups excluding carboxylic acids is 1. The Morgan fingerprint density at radius 2 is 1.61 bits per heavy atom. The molecule has 7 nitrogen and oxygen atoms in total. The summed E-state index contributed by atoms with van der Waals surface area (Å²) < 4.78 is 31.8. The molecule has 234 valence electrons. The first-order valence-corrected chi connectivity index (χ1v) is 18.4. The van der Waals surface area contributed by atoms with E-state index in [1.54, 1.807) is 12.1 Å². The van der Waals surface area contributed by atoms with Gasteiger partial charge in [0.05, 0.1) is 10.6 Å². The summed E-state index contributed by atoms with van der Waals surface area (Å²) in [7, 11) is -1.13. The fourth-order valence-corrected chi connectivity index (χ4v) is 8.79. The Kier molecular flexibility index (Phi) is 7.72. The van der Waals surface area contributed by atoms with Crippen molar-refractivity contribution in [2.75, 3.05) is 30.9 Å². The molecule has 0 radical (unpaired) electrons. The first kappa shape index (κ1) is 29.7. The number of benzene rings is 2. The molecule has 2 heterocycles. The molecule has 0 spiro atoms. The zero-order valence-electron chi connectivity index (χ0n) is 26.1. The smallest absolute Gasteiger partial charge is 0.227 e. The van der Waals surface area contributed by atoms with Crippen molar-refractivity contribution < 1.29 is 17.9 Å². The van der Waals surface area contributed by atoms with Crippen LogP contribution >= 0.6 is 0 Å². The Morgan fingerprint density at radius 1 is 0.932 bits per heavy atom. The summed E-state index contributed by atoms with van der Waals surface area (Å²) in [6.45, 7) is 2.22. The molecule has 8 rings (SSSR count). The van der Waals surface area contributed by atoms with Crippen LogP contribution in [0.1, 0.15) is 87.9 Å². The zero-order valence-corrected chi connectivity index (χ0v) is 26.9. The molecule has 1 amide bonds. The van der Waals surface area contributed by atoms with E-state index >= 15 is 0 Å². The Balaban J connectivity index is 1.14. The van der Waals surface area contributed by atoms with Crippen LogP contribution in [-0.4, -0.2) is 50.1 Å². The van der Waals surface area contributed by atoms with Crippen molar-refractivity contribution in [1.82, 2.24) is 9.78 Å². The molecule has 5 aliphatic rings. The van der Waals surface area contributed by atoms with Gasteiger partial charge in [-0.1, -0.05) is 24.3 Å². The number of amides is 1. The molecule has 44 heavy (non-hydrogen) atoms. The fraction of sp³-hybridized carbons (Fsp3) is 0.556. The second-order valence-corrected chi connectivity index (χ2v) is 16.2. The predicted molar refractivity (Wildman–Crippen MR) is 172 cm³/mol. The first-order valence-electron chi connectivity index (χ1n) is 16.5. The summed E-state index contributed by atoms with van der Waals surface area (Å²) in [6.07, 6.45) is 13.1. The van der Waals surface area contributed by atoms with Crippen molar-refractivity contribution in [2.24, 2.45) is 18.4 Å². The molecule has 1 aromatic heterocycles. The Bertz CT molecular complexity index is 1610. The van der Waals surface area contributed by atoms with Crippen molar-refractivity contribution in [3.8, 4) is 11.1 Å². The van der Waals surface area contributed by atoms with Crippen LogP contribution in [0.4, 0.5) is 5.69 Å². The molecule has 3 aromatic rings. The number of nitrogens with zero attached hydrogens (tertiary/aromatic N) is 3. The van der Waals surface area contributed by atoms with Gasteiger partial charge in [0.25, 0.3) is 0 Å². The monoisotopic (exact) mass is 615 g/mol. The van der Waals surface area contributed by atoms with Gasteiger partial charge in [-0.15, -0.1) is 0 Å². The van der Waals surface area contributed by atoms with E-state index in [0.717, 1.165) is 87.9 Å². The normalized spacial score (nSPS) is 25.7. The van der Waals surface area contributed by atoms with Gasteiger partial charge in [0.1, 0.15) is 0 Å². The van der Waals surface area contributed by atoms with Crippen molar-refractivity contribution in [1.29, 1.82) is 0 Å². The van der Waals surface area contributed by atoms with E-state index in [2.05, 4.69) is 34.8 Å². The molecule has 0 unspecified atom stereocenters. The Morgan fingerprint density at radius 3 is 2.25 bits per heavy atom. The average molecular weight is 616 g/mol. The van der Waals surface area contributed by atoms with Gasteiger partial charge in [0, 0.05) is 62.2 Å². The minimum Gasteiger partial charge on any atom is -0.381 e. The third-order valence-electron chi connectivity index (χ3n) is 11.2. The molecule has 2 bridgehead atoms. The Hall–Kier alpha value is -2.97. The van der Waals surface area contributed by atoms with Gasteiger partial charge in [-0.3, -0.25) is 9.48 Å². The molecule has 2 aromatic carbocycles. The lowest BCUT2D eigenvalue weighted by atomic mass is 9.52. The number of rotatable bonds is 9. The summed E-state index contributed by atoms with van der Waals surface area (Å²) >= 11 is 0. The minimum absolute atomic E-state index is 0.123. The maximum absolute atomic E-state index is 14.2. The molecule has 4 aliphatic carbocycles. The van der Waals surface area contributed by atoms with Crippen LogP contribution in [0.15, 0.2) is 59.5 Å². The van der Waals surface area contributed by atoms with E-state index in [4.69, 9.17) is 9.84 Å². The first-order chi connectivity index (χ1) is 21.1. The minimum atomic E-state index is -3.26. The van der Waals surface area contributed by atoms with Gasteiger partial charge >= 0.3 is 0 Å². The van der Waals surface area contributed by atoms with Crippen molar-refractivity contribution >= 4 is 21.4 Å². The number of anilines is 1. The molecule has 4 saturated carbocycles. The van der Waals surface area contributed by atoms with E-state index in [-0.39, 0.29) is 16.7 Å². The molecule has 1 saturated heterocycles. The highest BCUT2D eigenvalue weighted by atomic mass is 32.2. The van der Waals surface area contributed by atoms with Gasteiger partial charge in [0.15, 0.2) is 9.84 Å². The lowest BCUT2D eigenvalue weighted by Gasteiger charge is -2.54. The van der Waals surface area contributed by atoms with Crippen LogP contribution in [0.3, 0.4) is 0 Å². The highest BCUT2D eigenvalue weighted by Gasteiger charge is 2.51. The summed E-state index contributed by atoms with van der Waals surface area (Å²) in [6, 6.07) is 17.7. The molecule has 8 heteroatoms. The maximum Gasteiger partial charge on any atom is 0.227 e. The van der Waals surface area contributed by atoms with Crippen molar-refractivity contribution in [2.45, 2.75) is 86.9 Å². The number of aromatic nitrogens is 2. The molecule has 1 aliphatic heterocycles. The van der Waals surface area contributed by atoms with E-state index in [1.807, 2.05) is 24.3 Å². The standard InChI is InChI=1S/C36H45N3O4S/c1-38-33(24-32(37-38)28-6-7-28)36-17-14-35(15-18-36,16-19-36)25-39(34(40)22-26-12-20-43-21-13-26)30-5-3-4-29(23-30)27-8-10-31(11-9-27)44(2,41)42/h3-5,8-11,23-24,26,28H,6-7,12-22,25H2,1-2H3. The van der Waals surface area contributed by atoms with Crippen LogP contribution in [0.25, 0.3) is 11.1 Å². The van der Waals surface area contributed by atoms with Crippen molar-refractivity contribution in [3.05, 3.63) is 66.0 Å². The van der Waals surface area contributed by atoms with Gasteiger partial charge < -0.3 is 9.64 Å². The molecule has 0 N–H and O–H groups in total. The number of fused-ring (bicyclic) bond motifs is 3. The molecule has 5 fully saturated rings. The van der Waals surface area contributed by atoms with Gasteiger partial charge in [0.2, 0.25) is 5.91 Å². The zero-order chi connectivity index (χ0) is 30.5. The summed E-state index contributed by atoms with van der Waals surface area (Å²) in [5.74, 6) is 1.24. The average Bonchev–Trinajstić information content (AvgIpc) is 3.82. The SMILES string of the molecule is Cn1nc(C2CC2)cc1C12CCC(CN(C(=O)CC3CCOCC3)c3cccc(-c4ccc(S(C)(=O)=O)cc4)c3)(CC1)CC2. The number of ether oxygens (including phenoxy) is 1. The predicted octanol–water partition coefficient (Wildman–Crippen LogP) is 6.81. The molecule has 0 atom stereocenters. The second kappa shape index (κ2) is 11.4. The van der Waals surface area contributed by atoms with Crippen molar-refractivity contribution in [3.63, 3.8) is 0 Å². The number of hydrogen-bond donors (Lipinski definition) is 0. The third-order valence-corrected chi connectivity index (χ3v) is 12.3. The van der Waals surface area contributed by atoms with E-state index < -0.39 is 9.84 Å². The summed E-state index contributed by atoms with van der Waals surface area (Å²) in [4.78, 5) is 16.6. The lowest BCUT2D eigenvalue weighted by molar-refractivity contribution is -0.120. The summed E-state index contributed by atoms with van der Waals surface area (Å²) in [5, 5.41) is 4.92. The topological polar surface area (TPSA) is 81.5 Å². The van der Waals surface area contributed by atoms with Gasteiger partial charge in [-0.05, 0) is 117 Å².